The van der Waals surface area contributed by atoms with Gasteiger partial charge in [-0.1, -0.05) is 57.6 Å². The van der Waals surface area contributed by atoms with Crippen molar-refractivity contribution in [1.82, 2.24) is 4.57 Å². The van der Waals surface area contributed by atoms with Crippen LogP contribution >= 0.6 is 27.3 Å². The predicted octanol–water partition coefficient (Wildman–Crippen LogP) is 4.90. The van der Waals surface area contributed by atoms with Crippen molar-refractivity contribution in [3.05, 3.63) is 75.5 Å². The van der Waals surface area contributed by atoms with E-state index in [0.717, 1.165) is 14.7 Å². The second kappa shape index (κ2) is 6.00. The first kappa shape index (κ1) is 15.3. The summed E-state index contributed by atoms with van der Waals surface area (Å²) in [6.45, 7) is 0. The van der Waals surface area contributed by atoms with Crippen LogP contribution in [0.25, 0.3) is 21.0 Å². The molecule has 0 fully saturated rings. The smallest absolute Gasteiger partial charge is 0.279 e. The molecule has 0 bridgehead atoms. The molecule has 0 radical (unpaired) electrons. The quantitative estimate of drug-likeness (QED) is 0.450. The highest BCUT2D eigenvalue weighted by Gasteiger charge is 2.09. The Balaban J connectivity index is 1.90. The number of aromatic nitrogens is 1. The number of thiazole rings is 1. The number of rotatable bonds is 1. The van der Waals surface area contributed by atoms with Crippen molar-refractivity contribution in [2.75, 3.05) is 0 Å². The molecule has 24 heavy (non-hydrogen) atoms. The van der Waals surface area contributed by atoms with Gasteiger partial charge in [-0.15, -0.1) is 0 Å². The van der Waals surface area contributed by atoms with Crippen molar-refractivity contribution in [1.29, 1.82) is 0 Å². The number of nitrogens with zero attached hydrogens (tertiary/aromatic N) is 2. The molecule has 0 saturated carbocycles. The van der Waals surface area contributed by atoms with E-state index in [1.807, 2.05) is 35.9 Å². The van der Waals surface area contributed by atoms with Crippen LogP contribution in [-0.2, 0) is 7.05 Å². The van der Waals surface area contributed by atoms with Crippen LogP contribution in [-0.4, -0.2) is 10.5 Å². The number of hydrogen-bond acceptors (Lipinski definition) is 2. The molecule has 3 nitrogen and oxygen atoms in total. The van der Waals surface area contributed by atoms with Gasteiger partial charge in [0.15, 0.2) is 4.80 Å². The number of halogens is 1. The molecule has 4 aromatic rings. The van der Waals surface area contributed by atoms with Gasteiger partial charge in [0, 0.05) is 22.5 Å². The molecule has 118 valence electrons. The normalized spacial score (nSPS) is 12.2. The summed E-state index contributed by atoms with van der Waals surface area (Å²) in [6.07, 6.45) is 0. The number of hydrogen-bond donors (Lipinski definition) is 0. The summed E-state index contributed by atoms with van der Waals surface area (Å²) >= 11 is 4.92. The van der Waals surface area contributed by atoms with E-state index in [4.69, 9.17) is 0 Å². The zero-order chi connectivity index (χ0) is 16.7. The Labute approximate surface area is 151 Å². The average molecular weight is 397 g/mol. The minimum absolute atomic E-state index is 0.228. The number of amides is 1. The van der Waals surface area contributed by atoms with E-state index in [1.165, 1.54) is 10.8 Å². The van der Waals surface area contributed by atoms with Crippen LogP contribution < -0.4 is 4.80 Å². The van der Waals surface area contributed by atoms with Crippen molar-refractivity contribution in [3.63, 3.8) is 0 Å². The van der Waals surface area contributed by atoms with Crippen LogP contribution in [0.4, 0.5) is 0 Å². The van der Waals surface area contributed by atoms with Gasteiger partial charge < -0.3 is 4.57 Å². The van der Waals surface area contributed by atoms with Gasteiger partial charge in [0.25, 0.3) is 5.91 Å². The van der Waals surface area contributed by atoms with Crippen molar-refractivity contribution >= 4 is 54.2 Å². The molecule has 4 rings (SSSR count). The van der Waals surface area contributed by atoms with Gasteiger partial charge in [-0.3, -0.25) is 4.79 Å². The van der Waals surface area contributed by atoms with Gasteiger partial charge >= 0.3 is 0 Å². The summed E-state index contributed by atoms with van der Waals surface area (Å²) in [5, 5.41) is 2.38. The molecule has 3 aromatic carbocycles. The summed E-state index contributed by atoms with van der Waals surface area (Å²) in [6, 6.07) is 19.7. The Bertz CT molecular complexity index is 1140. The molecular formula is C19H13BrN2OS. The zero-order valence-corrected chi connectivity index (χ0v) is 15.3. The van der Waals surface area contributed by atoms with Crippen LogP contribution in [0.1, 0.15) is 10.4 Å². The largest absolute Gasteiger partial charge is 0.319 e. The fourth-order valence-corrected chi connectivity index (χ4v) is 4.12. The number of aryl methyl sites for hydroxylation is 1. The van der Waals surface area contributed by atoms with E-state index in [1.54, 1.807) is 23.5 Å². The highest BCUT2D eigenvalue weighted by molar-refractivity contribution is 9.10. The first-order valence-electron chi connectivity index (χ1n) is 7.45. The van der Waals surface area contributed by atoms with Crippen LogP contribution in [0.5, 0.6) is 0 Å². The molecule has 0 aliphatic carbocycles. The minimum Gasteiger partial charge on any atom is -0.319 e. The molecule has 0 unspecified atom stereocenters. The molecule has 0 atom stereocenters. The second-order valence-corrected chi connectivity index (χ2v) is 7.40. The third-order valence-corrected chi connectivity index (χ3v) is 5.70. The lowest BCUT2D eigenvalue weighted by molar-refractivity contribution is 0.0998. The lowest BCUT2D eigenvalue weighted by Gasteiger charge is -1.99. The Kier molecular flexibility index (Phi) is 3.82. The van der Waals surface area contributed by atoms with Crippen molar-refractivity contribution in [2.24, 2.45) is 12.0 Å². The Hall–Kier alpha value is -2.24. The summed E-state index contributed by atoms with van der Waals surface area (Å²) in [7, 11) is 1.95. The number of carbonyl (C=O) groups is 1. The highest BCUT2D eigenvalue weighted by Crippen LogP contribution is 2.27. The van der Waals surface area contributed by atoms with E-state index in [9.17, 15) is 4.79 Å². The fraction of sp³-hybridized carbons (Fsp3) is 0.0526. The van der Waals surface area contributed by atoms with Crippen molar-refractivity contribution in [2.45, 2.75) is 0 Å². The second-order valence-electron chi connectivity index (χ2n) is 5.50. The first-order valence-corrected chi connectivity index (χ1v) is 9.06. The molecule has 1 heterocycles. The maximum absolute atomic E-state index is 12.4. The zero-order valence-electron chi connectivity index (χ0n) is 12.9. The topological polar surface area (TPSA) is 34.4 Å². The van der Waals surface area contributed by atoms with E-state index in [-0.39, 0.29) is 5.91 Å². The molecule has 0 N–H and O–H groups in total. The maximum atomic E-state index is 12.4. The van der Waals surface area contributed by atoms with Gasteiger partial charge in [-0.05, 0) is 35.7 Å². The van der Waals surface area contributed by atoms with Gasteiger partial charge in [0.2, 0.25) is 0 Å². The number of carbonyl (C=O) groups excluding carboxylic acids is 1. The van der Waals surface area contributed by atoms with E-state index < -0.39 is 0 Å². The van der Waals surface area contributed by atoms with Gasteiger partial charge in [0.1, 0.15) is 0 Å². The monoisotopic (exact) mass is 396 g/mol. The lowest BCUT2D eigenvalue weighted by Crippen LogP contribution is -2.13. The molecule has 1 aromatic heterocycles. The first-order chi connectivity index (χ1) is 11.6. The van der Waals surface area contributed by atoms with Gasteiger partial charge in [-0.2, -0.15) is 4.99 Å². The molecule has 0 aliphatic heterocycles. The fourth-order valence-electron chi connectivity index (χ4n) is 2.71. The summed E-state index contributed by atoms with van der Waals surface area (Å²) in [5.41, 5.74) is 1.67. The third kappa shape index (κ3) is 2.60. The minimum atomic E-state index is -0.228. The average Bonchev–Trinajstić information content (AvgIpc) is 2.92. The highest BCUT2D eigenvalue weighted by atomic mass is 79.9. The standard InChI is InChI=1S/C19H13BrN2OS/c1-22-16-11-8-12-4-2-3-5-15(12)17(16)24-19(22)21-18(23)13-6-9-14(20)10-7-13/h2-11H,1H3. The van der Waals surface area contributed by atoms with E-state index in [0.29, 0.717) is 10.4 Å². The van der Waals surface area contributed by atoms with Crippen LogP contribution in [0.3, 0.4) is 0 Å². The molecule has 1 amide bonds. The van der Waals surface area contributed by atoms with Crippen LogP contribution in [0.15, 0.2) is 70.1 Å². The van der Waals surface area contributed by atoms with Gasteiger partial charge in [0.05, 0.1) is 10.2 Å². The van der Waals surface area contributed by atoms with E-state index >= 15 is 0 Å². The third-order valence-electron chi connectivity index (χ3n) is 3.99. The van der Waals surface area contributed by atoms with Crippen LogP contribution in [0.2, 0.25) is 0 Å². The molecule has 0 spiro atoms. The van der Waals surface area contributed by atoms with E-state index in [2.05, 4.69) is 45.2 Å². The summed E-state index contributed by atoms with van der Waals surface area (Å²) in [4.78, 5) is 17.5. The molecule has 5 heteroatoms. The van der Waals surface area contributed by atoms with Crippen molar-refractivity contribution < 1.29 is 4.79 Å². The SMILES string of the molecule is Cn1c(=NC(=O)c2ccc(Br)cc2)sc2c3ccccc3ccc21. The summed E-state index contributed by atoms with van der Waals surface area (Å²) in [5.74, 6) is -0.228. The predicted molar refractivity (Wildman–Crippen MR) is 102 cm³/mol. The van der Waals surface area contributed by atoms with Crippen LogP contribution in [0, 0.1) is 0 Å². The lowest BCUT2D eigenvalue weighted by atomic mass is 10.1. The number of benzene rings is 3. The maximum Gasteiger partial charge on any atom is 0.279 e. The Morgan fingerprint density at radius 1 is 1.04 bits per heavy atom. The Morgan fingerprint density at radius 2 is 1.79 bits per heavy atom. The molecule has 0 aliphatic rings. The van der Waals surface area contributed by atoms with Gasteiger partial charge in [-0.25, -0.2) is 0 Å². The molecular weight excluding hydrogens is 384 g/mol. The van der Waals surface area contributed by atoms with Crippen molar-refractivity contribution in [3.8, 4) is 0 Å². The summed E-state index contributed by atoms with van der Waals surface area (Å²) < 4.78 is 4.07. The number of fused-ring (bicyclic) bond motifs is 3. The Morgan fingerprint density at radius 3 is 2.58 bits per heavy atom. The molecule has 0 saturated heterocycles.